The van der Waals surface area contributed by atoms with Gasteiger partial charge in [0.2, 0.25) is 0 Å². The molecule has 0 aliphatic carbocycles. The van der Waals surface area contributed by atoms with Crippen LogP contribution < -0.4 is 0 Å². The zero-order chi connectivity index (χ0) is 12.5. The first-order valence-electron chi connectivity index (χ1n) is 4.91. The molecule has 0 saturated heterocycles. The van der Waals surface area contributed by atoms with Gasteiger partial charge in [0.25, 0.3) is 0 Å². The van der Waals surface area contributed by atoms with Crippen LogP contribution in [0.25, 0.3) is 10.9 Å². The predicted molar refractivity (Wildman–Crippen MR) is 65.5 cm³/mol. The molecular weight excluding hydrogens is 271 g/mol. The van der Waals surface area contributed by atoms with Crippen molar-refractivity contribution in [2.75, 3.05) is 5.75 Å². The van der Waals surface area contributed by atoms with Gasteiger partial charge in [-0.2, -0.15) is 13.2 Å². The van der Waals surface area contributed by atoms with Crippen molar-refractivity contribution in [3.63, 3.8) is 0 Å². The Morgan fingerprint density at radius 3 is 2.71 bits per heavy atom. The highest BCUT2D eigenvalue weighted by atomic mass is 35.5. The second kappa shape index (κ2) is 4.82. The van der Waals surface area contributed by atoms with E-state index in [2.05, 4.69) is 0 Å². The summed E-state index contributed by atoms with van der Waals surface area (Å²) in [6.07, 6.45) is 1.78. The van der Waals surface area contributed by atoms with Crippen molar-refractivity contribution in [3.8, 4) is 0 Å². The Morgan fingerprint density at radius 1 is 1.24 bits per heavy atom. The Bertz CT molecular complexity index is 521. The van der Waals surface area contributed by atoms with Crippen LogP contribution in [0, 0.1) is 0 Å². The van der Waals surface area contributed by atoms with Gasteiger partial charge >= 0.3 is 5.51 Å². The van der Waals surface area contributed by atoms with Gasteiger partial charge in [-0.05, 0) is 35.3 Å². The van der Waals surface area contributed by atoms with Gasteiger partial charge in [0.1, 0.15) is 0 Å². The molecule has 1 aromatic carbocycles. The summed E-state index contributed by atoms with van der Waals surface area (Å²) in [5.74, 6) is -0.000205. The van der Waals surface area contributed by atoms with Crippen LogP contribution >= 0.6 is 23.4 Å². The number of rotatable bonds is 3. The van der Waals surface area contributed by atoms with Crippen molar-refractivity contribution >= 4 is 34.3 Å². The minimum atomic E-state index is -4.17. The van der Waals surface area contributed by atoms with Crippen LogP contribution in [0.1, 0.15) is 0 Å². The predicted octanol–water partition coefficient (Wildman–Crippen LogP) is 4.55. The Hall–Kier alpha value is -0.810. The first-order chi connectivity index (χ1) is 7.96. The van der Waals surface area contributed by atoms with E-state index in [1.807, 2.05) is 12.1 Å². The van der Waals surface area contributed by atoms with E-state index in [1.165, 1.54) is 0 Å². The van der Waals surface area contributed by atoms with Gasteiger partial charge in [-0.25, -0.2) is 0 Å². The molecule has 0 spiro atoms. The molecule has 0 saturated carbocycles. The molecule has 17 heavy (non-hydrogen) atoms. The lowest BCUT2D eigenvalue weighted by atomic mass is 10.2. The Kier molecular flexibility index (Phi) is 3.58. The number of benzene rings is 1. The summed E-state index contributed by atoms with van der Waals surface area (Å²) in [5.41, 5.74) is -3.30. The SMILES string of the molecule is FC(F)(F)SCCn1ccc2ccc(Cl)cc21. The fourth-order valence-electron chi connectivity index (χ4n) is 1.61. The van der Waals surface area contributed by atoms with Crippen LogP contribution in [-0.2, 0) is 6.54 Å². The van der Waals surface area contributed by atoms with Crippen molar-refractivity contribution < 1.29 is 13.2 Å². The molecule has 6 heteroatoms. The maximum atomic E-state index is 12.0. The lowest BCUT2D eigenvalue weighted by Gasteiger charge is -2.07. The molecule has 92 valence electrons. The van der Waals surface area contributed by atoms with Crippen LogP contribution in [-0.4, -0.2) is 15.8 Å². The smallest absolute Gasteiger partial charge is 0.347 e. The molecule has 2 aromatic rings. The first kappa shape index (κ1) is 12.6. The number of alkyl halides is 3. The Morgan fingerprint density at radius 2 is 2.00 bits per heavy atom. The van der Waals surface area contributed by atoms with E-state index in [0.29, 0.717) is 11.6 Å². The first-order valence-corrected chi connectivity index (χ1v) is 6.27. The van der Waals surface area contributed by atoms with Crippen LogP contribution in [0.2, 0.25) is 5.02 Å². The number of hydrogen-bond acceptors (Lipinski definition) is 1. The average Bonchev–Trinajstić information content (AvgIpc) is 2.59. The van der Waals surface area contributed by atoms with Gasteiger partial charge < -0.3 is 4.57 Å². The van der Waals surface area contributed by atoms with E-state index in [0.717, 1.165) is 10.9 Å². The molecule has 1 heterocycles. The summed E-state index contributed by atoms with van der Waals surface area (Å²) >= 11 is 5.85. The standard InChI is InChI=1S/C11H9ClF3NS/c12-9-2-1-8-3-4-16(10(8)7-9)5-6-17-11(13,14)15/h1-4,7H,5-6H2. The van der Waals surface area contributed by atoms with E-state index >= 15 is 0 Å². The highest BCUT2D eigenvalue weighted by Gasteiger charge is 2.27. The van der Waals surface area contributed by atoms with Crippen molar-refractivity contribution in [2.24, 2.45) is 0 Å². The number of nitrogens with zero attached hydrogens (tertiary/aromatic N) is 1. The summed E-state index contributed by atoms with van der Waals surface area (Å²) in [4.78, 5) is 0. The largest absolute Gasteiger partial charge is 0.441 e. The normalized spacial score (nSPS) is 12.2. The monoisotopic (exact) mass is 279 g/mol. The zero-order valence-electron chi connectivity index (χ0n) is 8.67. The summed E-state index contributed by atoms with van der Waals surface area (Å²) < 4.78 is 37.8. The topological polar surface area (TPSA) is 4.93 Å². The third-order valence-electron chi connectivity index (χ3n) is 2.33. The minimum Gasteiger partial charge on any atom is -0.347 e. The summed E-state index contributed by atoms with van der Waals surface area (Å²) in [6, 6.07) is 7.24. The Labute approximate surface area is 106 Å². The van der Waals surface area contributed by atoms with Gasteiger partial charge in [0.05, 0.1) is 0 Å². The second-order valence-corrected chi connectivity index (χ2v) is 5.10. The van der Waals surface area contributed by atoms with Gasteiger partial charge in [-0.1, -0.05) is 17.7 Å². The summed E-state index contributed by atoms with van der Waals surface area (Å²) in [5, 5.41) is 1.56. The maximum Gasteiger partial charge on any atom is 0.441 e. The molecule has 0 unspecified atom stereocenters. The van der Waals surface area contributed by atoms with E-state index in [1.54, 1.807) is 22.9 Å². The van der Waals surface area contributed by atoms with E-state index < -0.39 is 5.51 Å². The third-order valence-corrected chi connectivity index (χ3v) is 3.28. The number of aromatic nitrogens is 1. The van der Waals surface area contributed by atoms with Crippen molar-refractivity contribution in [2.45, 2.75) is 12.1 Å². The molecule has 1 aromatic heterocycles. The Balaban J connectivity index is 2.11. The van der Waals surface area contributed by atoms with Gasteiger partial charge in [0.15, 0.2) is 0 Å². The molecule has 0 atom stereocenters. The lowest BCUT2D eigenvalue weighted by molar-refractivity contribution is -0.0328. The van der Waals surface area contributed by atoms with Crippen LogP contribution in [0.3, 0.4) is 0 Å². The van der Waals surface area contributed by atoms with Gasteiger partial charge in [-0.15, -0.1) is 0 Å². The van der Waals surface area contributed by atoms with Crippen molar-refractivity contribution in [1.82, 2.24) is 4.57 Å². The van der Waals surface area contributed by atoms with Gasteiger partial charge in [-0.3, -0.25) is 0 Å². The number of halogens is 4. The molecular formula is C11H9ClF3NS. The molecule has 0 N–H and O–H groups in total. The van der Waals surface area contributed by atoms with E-state index in [9.17, 15) is 13.2 Å². The highest BCUT2D eigenvalue weighted by Crippen LogP contribution is 2.30. The lowest BCUT2D eigenvalue weighted by Crippen LogP contribution is -2.06. The summed E-state index contributed by atoms with van der Waals surface area (Å²) in [7, 11) is 0. The molecule has 0 aliphatic rings. The molecule has 2 rings (SSSR count). The number of hydrogen-bond donors (Lipinski definition) is 0. The quantitative estimate of drug-likeness (QED) is 0.798. The molecule has 0 radical (unpaired) electrons. The van der Waals surface area contributed by atoms with Crippen LogP contribution in [0.5, 0.6) is 0 Å². The van der Waals surface area contributed by atoms with E-state index in [4.69, 9.17) is 11.6 Å². The number of fused-ring (bicyclic) bond motifs is 1. The molecule has 0 fully saturated rings. The molecule has 0 aliphatic heterocycles. The fourth-order valence-corrected chi connectivity index (χ4v) is 2.30. The number of thioether (sulfide) groups is 1. The average molecular weight is 280 g/mol. The minimum absolute atomic E-state index is 0.000205. The maximum absolute atomic E-state index is 12.0. The van der Waals surface area contributed by atoms with Crippen molar-refractivity contribution in [1.29, 1.82) is 0 Å². The van der Waals surface area contributed by atoms with E-state index in [-0.39, 0.29) is 17.5 Å². The van der Waals surface area contributed by atoms with Gasteiger partial charge in [0, 0.05) is 29.0 Å². The number of aryl methyl sites for hydroxylation is 1. The molecule has 1 nitrogen and oxygen atoms in total. The van der Waals surface area contributed by atoms with Crippen molar-refractivity contribution in [3.05, 3.63) is 35.5 Å². The zero-order valence-corrected chi connectivity index (χ0v) is 10.2. The fraction of sp³-hybridized carbons (Fsp3) is 0.273. The second-order valence-electron chi connectivity index (χ2n) is 3.51. The third kappa shape index (κ3) is 3.33. The molecule has 0 bridgehead atoms. The molecule has 0 amide bonds. The van der Waals surface area contributed by atoms with Crippen LogP contribution in [0.4, 0.5) is 13.2 Å². The highest BCUT2D eigenvalue weighted by molar-refractivity contribution is 8.00. The summed E-state index contributed by atoms with van der Waals surface area (Å²) in [6.45, 7) is 0.314. The van der Waals surface area contributed by atoms with Crippen LogP contribution in [0.15, 0.2) is 30.5 Å².